The van der Waals surface area contributed by atoms with Crippen molar-refractivity contribution in [2.24, 2.45) is 0 Å². The molecule has 0 aromatic carbocycles. The van der Waals surface area contributed by atoms with E-state index >= 15 is 0 Å². The second kappa shape index (κ2) is 6.80. The molecule has 0 aliphatic carbocycles. The molecule has 0 atom stereocenters. The Morgan fingerprint density at radius 3 is 1.95 bits per heavy atom. The van der Waals surface area contributed by atoms with Gasteiger partial charge in [-0.25, -0.2) is 9.97 Å². The van der Waals surface area contributed by atoms with Gasteiger partial charge >= 0.3 is 0 Å². The maximum absolute atomic E-state index is 4.68. The molecule has 2 nitrogen and oxygen atoms in total. The molecule has 0 amide bonds. The van der Waals surface area contributed by atoms with E-state index in [0.717, 1.165) is 29.2 Å². The topological polar surface area (TPSA) is 25.8 Å². The van der Waals surface area contributed by atoms with E-state index in [4.69, 9.17) is 0 Å². The van der Waals surface area contributed by atoms with Crippen LogP contribution in [0.2, 0.25) is 19.6 Å². The lowest BCUT2D eigenvalue weighted by Gasteiger charge is -2.09. The van der Waals surface area contributed by atoms with Crippen LogP contribution in [0, 0.1) is 13.8 Å². The zero-order valence-electron chi connectivity index (χ0n) is 13.1. The first-order valence-corrected chi connectivity index (χ1v) is 10.6. The van der Waals surface area contributed by atoms with Crippen LogP contribution in [-0.2, 0) is 0 Å². The van der Waals surface area contributed by atoms with Gasteiger partial charge in [0.2, 0.25) is 0 Å². The number of nitrogens with zero attached hydrogens (tertiary/aromatic N) is 2. The van der Waals surface area contributed by atoms with Gasteiger partial charge in [-0.1, -0.05) is 44.8 Å². The molecule has 0 spiro atoms. The molecule has 0 saturated heterocycles. The number of rotatable bonds is 5. The summed E-state index contributed by atoms with van der Waals surface area (Å²) >= 11 is 0. The van der Waals surface area contributed by atoms with E-state index in [9.17, 15) is 0 Å². The maximum Gasteiger partial charge on any atom is 0.0842 e. The van der Waals surface area contributed by atoms with Crippen molar-refractivity contribution >= 4 is 20.2 Å². The first-order chi connectivity index (χ1) is 8.83. The Morgan fingerprint density at radius 1 is 0.947 bits per heavy atom. The van der Waals surface area contributed by atoms with Crippen LogP contribution in [0.5, 0.6) is 0 Å². The van der Waals surface area contributed by atoms with Crippen LogP contribution in [0.25, 0.3) is 12.2 Å². The minimum Gasteiger partial charge on any atom is -0.250 e. The molecule has 1 aromatic heterocycles. The summed E-state index contributed by atoms with van der Waals surface area (Å²) in [5.74, 6) is 0. The monoisotopic (exact) mass is 274 g/mol. The van der Waals surface area contributed by atoms with E-state index in [0.29, 0.717) is 0 Å². The lowest BCUT2D eigenvalue weighted by molar-refractivity contribution is 0.959. The Morgan fingerprint density at radius 2 is 1.47 bits per heavy atom. The SMILES string of the molecule is CCC/C=C/c1nc(C)c(C=C[Si](C)(C)C)nc1C. The summed E-state index contributed by atoms with van der Waals surface area (Å²) in [7, 11) is -1.18. The number of unbranched alkanes of at least 4 members (excludes halogenated alkanes) is 1. The Kier molecular flexibility index (Phi) is 5.67. The zero-order chi connectivity index (χ0) is 14.5. The molecule has 0 aliphatic heterocycles. The molecule has 0 bridgehead atoms. The van der Waals surface area contributed by atoms with Gasteiger partial charge in [0.05, 0.1) is 30.8 Å². The molecule has 0 radical (unpaired) electrons. The standard InChI is InChI=1S/C16H26N2Si/c1-7-8-9-10-15-13(2)18-16(14(3)17-15)11-12-19(4,5)6/h9-12H,7-8H2,1-6H3/b10-9+,12-11?. The molecule has 0 N–H and O–H groups in total. The lowest BCUT2D eigenvalue weighted by atomic mass is 10.2. The molecular formula is C16H26N2Si. The van der Waals surface area contributed by atoms with Crippen molar-refractivity contribution in [2.75, 3.05) is 0 Å². The molecule has 19 heavy (non-hydrogen) atoms. The Hall–Kier alpha value is -1.22. The summed E-state index contributed by atoms with van der Waals surface area (Å²) in [5, 5.41) is 0. The van der Waals surface area contributed by atoms with Crippen molar-refractivity contribution < 1.29 is 0 Å². The number of allylic oxidation sites excluding steroid dienone is 1. The minimum absolute atomic E-state index is 0.996. The molecular weight excluding hydrogens is 248 g/mol. The second-order valence-electron chi connectivity index (χ2n) is 6.06. The van der Waals surface area contributed by atoms with Crippen LogP contribution in [0.4, 0.5) is 0 Å². The molecule has 1 heterocycles. The van der Waals surface area contributed by atoms with Crippen LogP contribution in [0.15, 0.2) is 11.8 Å². The summed E-state index contributed by atoms with van der Waals surface area (Å²) < 4.78 is 0. The van der Waals surface area contributed by atoms with Gasteiger partial charge in [0.1, 0.15) is 0 Å². The van der Waals surface area contributed by atoms with E-state index in [1.165, 1.54) is 6.42 Å². The zero-order valence-corrected chi connectivity index (χ0v) is 14.1. The Bertz CT molecular complexity index is 482. The van der Waals surface area contributed by atoms with E-state index < -0.39 is 8.07 Å². The van der Waals surface area contributed by atoms with Crippen molar-refractivity contribution in [3.05, 3.63) is 34.6 Å². The highest BCUT2D eigenvalue weighted by Crippen LogP contribution is 2.13. The van der Waals surface area contributed by atoms with Gasteiger partial charge in [-0.05, 0) is 32.4 Å². The largest absolute Gasteiger partial charge is 0.250 e. The van der Waals surface area contributed by atoms with Crippen LogP contribution >= 0.6 is 0 Å². The van der Waals surface area contributed by atoms with Crippen LogP contribution in [0.1, 0.15) is 42.5 Å². The smallest absolute Gasteiger partial charge is 0.0842 e. The van der Waals surface area contributed by atoms with Gasteiger partial charge in [-0.2, -0.15) is 0 Å². The number of hydrogen-bond donors (Lipinski definition) is 0. The normalized spacial score (nSPS) is 12.7. The van der Waals surface area contributed by atoms with Gasteiger partial charge in [0, 0.05) is 0 Å². The molecule has 0 fully saturated rings. The average molecular weight is 274 g/mol. The molecule has 1 aromatic rings. The van der Waals surface area contributed by atoms with E-state index in [1.807, 2.05) is 13.8 Å². The van der Waals surface area contributed by atoms with Gasteiger partial charge < -0.3 is 0 Å². The minimum atomic E-state index is -1.18. The Balaban J connectivity index is 3.00. The van der Waals surface area contributed by atoms with Crippen molar-refractivity contribution in [1.82, 2.24) is 9.97 Å². The van der Waals surface area contributed by atoms with Crippen LogP contribution in [-0.4, -0.2) is 18.0 Å². The highest BCUT2D eigenvalue weighted by molar-refractivity contribution is 6.81. The fourth-order valence-corrected chi connectivity index (χ4v) is 2.30. The van der Waals surface area contributed by atoms with E-state index in [2.05, 4.69) is 60.5 Å². The average Bonchev–Trinajstić information content (AvgIpc) is 2.30. The van der Waals surface area contributed by atoms with Crippen molar-refractivity contribution in [1.29, 1.82) is 0 Å². The second-order valence-corrected chi connectivity index (χ2v) is 11.1. The van der Waals surface area contributed by atoms with E-state index in [1.54, 1.807) is 0 Å². The van der Waals surface area contributed by atoms with Gasteiger partial charge in [0.25, 0.3) is 0 Å². The first-order valence-electron chi connectivity index (χ1n) is 7.04. The quantitative estimate of drug-likeness (QED) is 0.721. The maximum atomic E-state index is 4.68. The fraction of sp³-hybridized carbons (Fsp3) is 0.500. The highest BCUT2D eigenvalue weighted by atomic mass is 28.3. The van der Waals surface area contributed by atoms with Crippen LogP contribution < -0.4 is 0 Å². The van der Waals surface area contributed by atoms with Crippen LogP contribution in [0.3, 0.4) is 0 Å². The predicted molar refractivity (Wildman–Crippen MR) is 87.8 cm³/mol. The Labute approximate surface area is 118 Å². The van der Waals surface area contributed by atoms with Gasteiger partial charge in [-0.15, -0.1) is 0 Å². The number of hydrogen-bond acceptors (Lipinski definition) is 2. The molecule has 0 aliphatic rings. The highest BCUT2D eigenvalue weighted by Gasteiger charge is 2.09. The summed E-state index contributed by atoms with van der Waals surface area (Å²) in [6.45, 7) is 13.2. The van der Waals surface area contributed by atoms with Gasteiger partial charge in [-0.3, -0.25) is 0 Å². The number of aromatic nitrogens is 2. The first kappa shape index (κ1) is 15.8. The summed E-state index contributed by atoms with van der Waals surface area (Å²) in [6, 6.07) is 0. The van der Waals surface area contributed by atoms with Crippen molar-refractivity contribution in [3.63, 3.8) is 0 Å². The third-order valence-electron chi connectivity index (χ3n) is 2.79. The molecule has 0 unspecified atom stereocenters. The molecule has 3 heteroatoms. The fourth-order valence-electron chi connectivity index (χ4n) is 1.64. The molecule has 0 saturated carbocycles. The predicted octanol–water partition coefficient (Wildman–Crippen LogP) is 4.80. The lowest BCUT2D eigenvalue weighted by Crippen LogP contribution is -2.15. The third kappa shape index (κ3) is 5.51. The summed E-state index contributed by atoms with van der Waals surface area (Å²) in [5.41, 5.74) is 6.34. The van der Waals surface area contributed by atoms with E-state index in [-0.39, 0.29) is 0 Å². The van der Waals surface area contributed by atoms with Crippen molar-refractivity contribution in [2.45, 2.75) is 53.3 Å². The third-order valence-corrected chi connectivity index (χ3v) is 3.96. The summed E-state index contributed by atoms with van der Waals surface area (Å²) in [6.07, 6.45) is 8.66. The van der Waals surface area contributed by atoms with Crippen molar-refractivity contribution in [3.8, 4) is 0 Å². The molecule has 1 rings (SSSR count). The summed E-state index contributed by atoms with van der Waals surface area (Å²) in [4.78, 5) is 9.34. The molecule has 104 valence electrons. The van der Waals surface area contributed by atoms with Gasteiger partial charge in [0.15, 0.2) is 0 Å². The number of aryl methyl sites for hydroxylation is 2.